The summed E-state index contributed by atoms with van der Waals surface area (Å²) in [5, 5.41) is 17.6. The predicted molar refractivity (Wildman–Crippen MR) is 64.1 cm³/mol. The highest BCUT2D eigenvalue weighted by atomic mass is 16.6. The first-order valence-electron chi connectivity index (χ1n) is 6.29. The maximum absolute atomic E-state index is 11.3. The Labute approximate surface area is 103 Å². The van der Waals surface area contributed by atoms with Gasteiger partial charge in [0.25, 0.3) is 6.29 Å². The summed E-state index contributed by atoms with van der Waals surface area (Å²) in [6.07, 6.45) is 0.699. The molecule has 17 heavy (non-hydrogen) atoms. The Kier molecular flexibility index (Phi) is 4.55. The average Bonchev–Trinajstić information content (AvgIpc) is 2.15. The zero-order valence-corrected chi connectivity index (χ0v) is 11.1. The number of esters is 1. The van der Waals surface area contributed by atoms with E-state index in [2.05, 4.69) is 27.7 Å². The van der Waals surface area contributed by atoms with E-state index < -0.39 is 12.3 Å². The normalized spacial score (nSPS) is 28.5. The summed E-state index contributed by atoms with van der Waals surface area (Å²) in [4.78, 5) is 11.3. The third-order valence-electron chi connectivity index (χ3n) is 3.72. The number of ether oxygens (including phenoxy) is 1. The molecule has 1 aliphatic carbocycles. The Hall–Kier alpha value is -0.610. The third-order valence-corrected chi connectivity index (χ3v) is 3.72. The first kappa shape index (κ1) is 14.5. The number of aliphatic hydroxyl groups excluding tert-OH is 1. The van der Waals surface area contributed by atoms with Crippen LogP contribution < -0.4 is 0 Å². The second-order valence-electron chi connectivity index (χ2n) is 6.16. The smallest absolute Gasteiger partial charge is 0.363 e. The molecule has 0 saturated heterocycles. The van der Waals surface area contributed by atoms with Crippen molar-refractivity contribution in [2.45, 2.75) is 59.4 Å². The van der Waals surface area contributed by atoms with Crippen LogP contribution >= 0.6 is 0 Å². The van der Waals surface area contributed by atoms with Crippen LogP contribution in [0.3, 0.4) is 0 Å². The maximum Gasteiger partial charge on any atom is 0.363 e. The first-order valence-corrected chi connectivity index (χ1v) is 6.29. The number of hydrogen-bond acceptors (Lipinski definition) is 4. The highest BCUT2D eigenvalue weighted by Gasteiger charge is 2.39. The van der Waals surface area contributed by atoms with Gasteiger partial charge in [-0.3, -0.25) is 0 Å². The van der Waals surface area contributed by atoms with Gasteiger partial charge < -0.3 is 14.9 Å². The van der Waals surface area contributed by atoms with Crippen molar-refractivity contribution >= 4 is 5.97 Å². The minimum Gasteiger partial charge on any atom is -0.458 e. The van der Waals surface area contributed by atoms with E-state index >= 15 is 0 Å². The molecule has 2 unspecified atom stereocenters. The lowest BCUT2D eigenvalue weighted by molar-refractivity contribution is -0.186. The lowest BCUT2D eigenvalue weighted by Gasteiger charge is -2.41. The monoisotopic (exact) mass is 244 g/mol. The second kappa shape index (κ2) is 5.36. The molecule has 2 N–H and O–H groups in total. The number of carbonyl (C=O) groups excluding carboxylic acids is 1. The number of carbonyl (C=O) groups is 1. The zero-order chi connectivity index (χ0) is 13.2. The van der Waals surface area contributed by atoms with E-state index in [9.17, 15) is 4.79 Å². The lowest BCUT2D eigenvalue weighted by atomic mass is 9.68. The molecule has 4 heteroatoms. The standard InChI is InChI=1S/C13H24O4/c1-8(2)9-5-6-13(3,4)7-10(9)17-12(16)11(14)15/h8-11,14-15H,5-7H2,1-4H3. The molecule has 0 aromatic heterocycles. The van der Waals surface area contributed by atoms with Crippen LogP contribution in [0.5, 0.6) is 0 Å². The Morgan fingerprint density at radius 1 is 1.35 bits per heavy atom. The average molecular weight is 244 g/mol. The number of hydrogen-bond donors (Lipinski definition) is 2. The predicted octanol–water partition coefficient (Wildman–Crippen LogP) is 1.69. The van der Waals surface area contributed by atoms with Gasteiger partial charge in [0.05, 0.1) is 0 Å². The molecule has 4 nitrogen and oxygen atoms in total. The summed E-state index contributed by atoms with van der Waals surface area (Å²) in [6.45, 7) is 8.53. The van der Waals surface area contributed by atoms with E-state index in [1.165, 1.54) is 0 Å². The van der Waals surface area contributed by atoms with Crippen LogP contribution in [0.2, 0.25) is 0 Å². The van der Waals surface area contributed by atoms with Gasteiger partial charge in [-0.1, -0.05) is 27.7 Å². The fraction of sp³-hybridized carbons (Fsp3) is 0.923. The molecule has 2 atom stereocenters. The van der Waals surface area contributed by atoms with Crippen molar-refractivity contribution in [2.75, 3.05) is 0 Å². The molecule has 0 spiro atoms. The Morgan fingerprint density at radius 3 is 2.41 bits per heavy atom. The van der Waals surface area contributed by atoms with E-state index in [1.807, 2.05) is 0 Å². The molecule has 100 valence electrons. The van der Waals surface area contributed by atoms with E-state index in [4.69, 9.17) is 14.9 Å². The van der Waals surface area contributed by atoms with Gasteiger partial charge in [0.2, 0.25) is 0 Å². The highest BCUT2D eigenvalue weighted by Crippen LogP contribution is 2.42. The summed E-state index contributed by atoms with van der Waals surface area (Å²) >= 11 is 0. The van der Waals surface area contributed by atoms with Crippen LogP contribution in [-0.4, -0.2) is 28.6 Å². The molecular formula is C13H24O4. The van der Waals surface area contributed by atoms with Crippen molar-refractivity contribution in [1.82, 2.24) is 0 Å². The Morgan fingerprint density at radius 2 is 1.94 bits per heavy atom. The summed E-state index contributed by atoms with van der Waals surface area (Å²) < 4.78 is 5.22. The maximum atomic E-state index is 11.3. The Balaban J connectivity index is 2.71. The van der Waals surface area contributed by atoms with E-state index in [-0.39, 0.29) is 11.5 Å². The summed E-state index contributed by atoms with van der Waals surface area (Å²) in [5.41, 5.74) is 0.150. The van der Waals surface area contributed by atoms with Crippen molar-refractivity contribution in [1.29, 1.82) is 0 Å². The number of aliphatic hydroxyl groups is 2. The molecule has 1 saturated carbocycles. The first-order chi connectivity index (χ1) is 7.73. The van der Waals surface area contributed by atoms with Crippen molar-refractivity contribution < 1.29 is 19.7 Å². The molecule has 0 heterocycles. The molecule has 0 aliphatic heterocycles. The zero-order valence-electron chi connectivity index (χ0n) is 11.1. The van der Waals surface area contributed by atoms with Crippen LogP contribution in [0.15, 0.2) is 0 Å². The second-order valence-corrected chi connectivity index (χ2v) is 6.16. The molecular weight excluding hydrogens is 220 g/mol. The molecule has 1 rings (SSSR count). The fourth-order valence-corrected chi connectivity index (χ4v) is 2.64. The van der Waals surface area contributed by atoms with Gasteiger partial charge in [-0.05, 0) is 36.5 Å². The van der Waals surface area contributed by atoms with E-state index in [0.29, 0.717) is 11.8 Å². The van der Waals surface area contributed by atoms with Crippen molar-refractivity contribution in [2.24, 2.45) is 17.3 Å². The van der Waals surface area contributed by atoms with Crippen LogP contribution in [0.1, 0.15) is 47.0 Å². The summed E-state index contributed by atoms with van der Waals surface area (Å²) in [7, 11) is 0. The molecule has 1 aliphatic rings. The van der Waals surface area contributed by atoms with Gasteiger partial charge in [0.1, 0.15) is 6.10 Å². The minimum atomic E-state index is -2.02. The highest BCUT2D eigenvalue weighted by molar-refractivity contribution is 5.72. The molecule has 0 radical (unpaired) electrons. The topological polar surface area (TPSA) is 66.8 Å². The van der Waals surface area contributed by atoms with Gasteiger partial charge in [-0.15, -0.1) is 0 Å². The largest absolute Gasteiger partial charge is 0.458 e. The summed E-state index contributed by atoms with van der Waals surface area (Å²) in [5.74, 6) is -0.191. The number of rotatable bonds is 3. The summed E-state index contributed by atoms with van der Waals surface area (Å²) in [6, 6.07) is 0. The molecule has 0 bridgehead atoms. The van der Waals surface area contributed by atoms with Crippen LogP contribution in [-0.2, 0) is 9.53 Å². The third kappa shape index (κ3) is 3.96. The van der Waals surface area contributed by atoms with Gasteiger partial charge in [0.15, 0.2) is 0 Å². The van der Waals surface area contributed by atoms with Crippen molar-refractivity contribution in [3.05, 3.63) is 0 Å². The Bertz CT molecular complexity index is 271. The van der Waals surface area contributed by atoms with Gasteiger partial charge >= 0.3 is 5.97 Å². The minimum absolute atomic E-state index is 0.150. The van der Waals surface area contributed by atoms with Gasteiger partial charge in [-0.2, -0.15) is 0 Å². The van der Waals surface area contributed by atoms with E-state index in [0.717, 1.165) is 19.3 Å². The molecule has 1 fully saturated rings. The molecule has 0 amide bonds. The fourth-order valence-electron chi connectivity index (χ4n) is 2.64. The van der Waals surface area contributed by atoms with Crippen molar-refractivity contribution in [3.63, 3.8) is 0 Å². The van der Waals surface area contributed by atoms with Crippen LogP contribution in [0, 0.1) is 17.3 Å². The van der Waals surface area contributed by atoms with E-state index in [1.54, 1.807) is 0 Å². The van der Waals surface area contributed by atoms with Gasteiger partial charge in [0, 0.05) is 0 Å². The molecule has 0 aromatic carbocycles. The lowest BCUT2D eigenvalue weighted by Crippen LogP contribution is -2.41. The SMILES string of the molecule is CC(C)C1CCC(C)(C)CC1OC(=O)C(O)O. The van der Waals surface area contributed by atoms with Gasteiger partial charge in [-0.25, -0.2) is 4.79 Å². The van der Waals surface area contributed by atoms with Crippen LogP contribution in [0.4, 0.5) is 0 Å². The quantitative estimate of drug-likeness (QED) is 0.585. The van der Waals surface area contributed by atoms with Crippen molar-refractivity contribution in [3.8, 4) is 0 Å². The van der Waals surface area contributed by atoms with Crippen LogP contribution in [0.25, 0.3) is 0 Å². The molecule has 0 aromatic rings.